The van der Waals surface area contributed by atoms with Gasteiger partial charge in [0, 0.05) is 17.6 Å². The Bertz CT molecular complexity index is 549. The third kappa shape index (κ3) is 8.58. The maximum Gasteiger partial charge on any atom is 0.293 e. The molecule has 0 bridgehead atoms. The number of phenolic OH excluding ortho intramolecular Hbond substituents is 1. The number of carbonyl (C=O) groups excluding carboxylic acids is 1. The van der Waals surface area contributed by atoms with Crippen molar-refractivity contribution in [1.82, 2.24) is 4.90 Å². The number of carbonyl (C=O) groups is 1. The molecular weight excluding hydrogens is 459 g/mol. The maximum absolute atomic E-state index is 10.7. The Morgan fingerprint density at radius 1 is 1.42 bits per heavy atom. The molecule has 0 aliphatic rings. The van der Waals surface area contributed by atoms with E-state index in [4.69, 9.17) is 12.3 Å². The lowest BCUT2D eigenvalue weighted by Gasteiger charge is -2.33. The number of hydrogen-bond acceptors (Lipinski definition) is 4. The van der Waals surface area contributed by atoms with E-state index in [0.29, 0.717) is 18.8 Å². The molecule has 0 saturated heterocycles. The fourth-order valence-corrected chi connectivity index (χ4v) is 2.71. The van der Waals surface area contributed by atoms with Gasteiger partial charge in [0.05, 0.1) is 0 Å². The van der Waals surface area contributed by atoms with Crippen LogP contribution in [0, 0.1) is 0 Å². The minimum absolute atomic E-state index is 0.0301. The Balaban J connectivity index is 0.00000141. The van der Waals surface area contributed by atoms with Crippen molar-refractivity contribution in [3.63, 3.8) is 0 Å². The summed E-state index contributed by atoms with van der Waals surface area (Å²) < 4.78 is 4.92. The third-order valence-electron chi connectivity index (χ3n) is 4.34. The minimum Gasteiger partial charge on any atom is -0.507 e. The second-order valence-electron chi connectivity index (χ2n) is 7.35. The number of aromatic hydroxyl groups is 1. The van der Waals surface area contributed by atoms with E-state index in [-0.39, 0.29) is 22.9 Å². The van der Waals surface area contributed by atoms with Gasteiger partial charge in [-0.15, -0.1) is 0 Å². The molecule has 3 unspecified atom stereocenters. The van der Waals surface area contributed by atoms with Crippen LogP contribution in [0.4, 0.5) is 0 Å². The molecule has 1 N–H and O–H groups in total. The van der Waals surface area contributed by atoms with Gasteiger partial charge in [0.15, 0.2) is 0 Å². The Hall–Kier alpha value is -0.325. The van der Waals surface area contributed by atoms with E-state index in [1.165, 1.54) is 0 Å². The van der Waals surface area contributed by atoms with Crippen LogP contribution in [-0.2, 0) is 14.9 Å². The molecule has 26 heavy (non-hydrogen) atoms. The predicted molar refractivity (Wildman–Crippen MR) is 122 cm³/mol. The van der Waals surface area contributed by atoms with Gasteiger partial charge in [0.2, 0.25) is 0 Å². The van der Waals surface area contributed by atoms with Crippen molar-refractivity contribution in [2.75, 3.05) is 20.3 Å². The molecular formula is C19H32BINO3P. The van der Waals surface area contributed by atoms with Gasteiger partial charge in [-0.25, -0.2) is 0 Å². The number of likely N-dealkylation sites (N-methyl/N-ethyl adjacent to an activating group) is 1. The number of hydrogen-bond donors (Lipinski definition) is 1. The first kappa shape index (κ1) is 25.7. The van der Waals surface area contributed by atoms with Crippen LogP contribution in [0.1, 0.15) is 58.2 Å². The van der Waals surface area contributed by atoms with Crippen molar-refractivity contribution in [3.8, 4) is 5.75 Å². The molecule has 0 aliphatic carbocycles. The van der Waals surface area contributed by atoms with Gasteiger partial charge in [-0.2, -0.15) is 0 Å². The average Bonchev–Trinajstić information content (AvgIpc) is 2.53. The van der Waals surface area contributed by atoms with Crippen molar-refractivity contribution in [3.05, 3.63) is 29.3 Å². The van der Waals surface area contributed by atoms with Crippen LogP contribution in [-0.4, -0.2) is 50.4 Å². The van der Waals surface area contributed by atoms with E-state index in [9.17, 15) is 9.90 Å². The monoisotopic (exact) mass is 491 g/mol. The molecule has 146 valence electrons. The first-order valence-corrected chi connectivity index (χ1v) is 13.3. The number of nitrogens with zero attached hydrogens (tertiary/aromatic N) is 1. The Morgan fingerprint density at radius 3 is 2.38 bits per heavy atom. The third-order valence-corrected chi connectivity index (χ3v) is 4.34. The molecule has 0 aromatic heterocycles. The zero-order valence-electron chi connectivity index (χ0n) is 17.0. The first-order valence-electron chi connectivity index (χ1n) is 8.71. The van der Waals surface area contributed by atoms with Crippen LogP contribution in [0.2, 0.25) is 0 Å². The molecule has 0 spiro atoms. The number of halogens is 1. The zero-order chi connectivity index (χ0) is 20.5. The Kier molecular flexibility index (Phi) is 12.0. The highest BCUT2D eigenvalue weighted by Gasteiger charge is 2.26. The number of ether oxygens (including phenoxy) is 1. The number of phenols is 1. The summed E-state index contributed by atoms with van der Waals surface area (Å²) in [7, 11) is 7.16. The highest BCUT2D eigenvalue weighted by molar-refractivity contribution is 14.2. The summed E-state index contributed by atoms with van der Waals surface area (Å²) in [6.45, 7) is 13.2. The molecule has 3 atom stereocenters. The molecule has 7 heteroatoms. The smallest absolute Gasteiger partial charge is 0.293 e. The molecule has 0 saturated carbocycles. The van der Waals surface area contributed by atoms with E-state index in [1.807, 2.05) is 31.9 Å². The summed E-state index contributed by atoms with van der Waals surface area (Å²) in [5, 5.41) is 10.7. The Morgan fingerprint density at radius 2 is 1.96 bits per heavy atom. The fourth-order valence-electron chi connectivity index (χ4n) is 2.71. The van der Waals surface area contributed by atoms with Crippen LogP contribution in [0.3, 0.4) is 0 Å². The van der Waals surface area contributed by atoms with Gasteiger partial charge < -0.3 is 9.84 Å². The summed E-state index contributed by atoms with van der Waals surface area (Å²) in [5.41, 5.74) is 1.59. The van der Waals surface area contributed by atoms with Crippen LogP contribution in [0.5, 0.6) is 5.75 Å². The number of para-hydroxylation sites is 1. The van der Waals surface area contributed by atoms with Gasteiger partial charge in [-0.3, -0.25) is 9.69 Å². The molecule has 1 aromatic rings. The molecule has 0 fully saturated rings. The highest BCUT2D eigenvalue weighted by Crippen LogP contribution is 2.37. The highest BCUT2D eigenvalue weighted by atomic mass is 127. The predicted octanol–water partition coefficient (Wildman–Crippen LogP) is 5.17. The van der Waals surface area contributed by atoms with E-state index in [2.05, 4.69) is 61.6 Å². The lowest BCUT2D eigenvalue weighted by Crippen LogP contribution is -2.37. The molecule has 0 amide bonds. The second-order valence-corrected chi connectivity index (χ2v) is 13.0. The zero-order valence-corrected chi connectivity index (χ0v) is 20.0. The normalized spacial score (nSPS) is 14.8. The lowest BCUT2D eigenvalue weighted by atomic mass is 9.84. The lowest BCUT2D eigenvalue weighted by molar-refractivity contribution is -0.130. The standard InChI is InChI=1S/C18H29NO3.CH3BIP/c1-7-14(11-22-12-20)19(6)13(2)15-9-8-10-16(17(15)21)18(3,4)5;1-4(2)3/h8-10,12-14,21H,7,11H2,1-6H3;1H3. The first-order chi connectivity index (χ1) is 12.0. The second kappa shape index (κ2) is 12.2. The SMILES string of the molecule is CCC(COC=O)N(C)C(C)c1cccc(C(C)(C)C)c1O.[B]P(C)I. The Labute approximate surface area is 174 Å². The largest absolute Gasteiger partial charge is 0.507 e. The van der Waals surface area contributed by atoms with Gasteiger partial charge in [0.25, 0.3) is 6.47 Å². The molecule has 1 rings (SSSR count). The van der Waals surface area contributed by atoms with Crippen molar-refractivity contribution >= 4 is 41.5 Å². The topological polar surface area (TPSA) is 49.8 Å². The molecule has 1 aromatic carbocycles. The van der Waals surface area contributed by atoms with Crippen molar-refractivity contribution in [2.24, 2.45) is 0 Å². The summed E-state index contributed by atoms with van der Waals surface area (Å²) in [4.78, 5) is 12.6. The quantitative estimate of drug-likeness (QED) is 0.248. The molecule has 0 aliphatic heterocycles. The molecule has 4 nitrogen and oxygen atoms in total. The van der Waals surface area contributed by atoms with Crippen molar-refractivity contribution in [1.29, 1.82) is 0 Å². The molecule has 0 heterocycles. The van der Waals surface area contributed by atoms with E-state index >= 15 is 0 Å². The van der Waals surface area contributed by atoms with Crippen molar-refractivity contribution in [2.45, 2.75) is 58.5 Å². The maximum atomic E-state index is 10.7. The van der Waals surface area contributed by atoms with Crippen LogP contribution in [0.25, 0.3) is 0 Å². The van der Waals surface area contributed by atoms with Crippen molar-refractivity contribution < 1.29 is 14.6 Å². The van der Waals surface area contributed by atoms with Gasteiger partial charge in [-0.05, 0) is 38.0 Å². The van der Waals surface area contributed by atoms with Gasteiger partial charge >= 0.3 is 0 Å². The van der Waals surface area contributed by atoms with Crippen LogP contribution < -0.4 is 0 Å². The van der Waals surface area contributed by atoms with E-state index in [0.717, 1.165) is 17.5 Å². The van der Waals surface area contributed by atoms with Crippen LogP contribution >= 0.6 is 27.5 Å². The minimum atomic E-state index is -0.150. The van der Waals surface area contributed by atoms with E-state index in [1.54, 1.807) is 0 Å². The molecule has 2 radical (unpaired) electrons. The summed E-state index contributed by atoms with van der Waals surface area (Å²) in [6.07, 6.45) is 0.869. The van der Waals surface area contributed by atoms with Gasteiger partial charge in [0.1, 0.15) is 19.9 Å². The number of benzene rings is 1. The van der Waals surface area contributed by atoms with Gasteiger partial charge in [-0.1, -0.05) is 73.4 Å². The van der Waals surface area contributed by atoms with Crippen LogP contribution in [0.15, 0.2) is 18.2 Å². The summed E-state index contributed by atoms with van der Waals surface area (Å²) in [5.74, 6) is 0.362. The number of rotatable bonds is 7. The fraction of sp³-hybridized carbons (Fsp3) is 0.632. The average molecular weight is 491 g/mol. The van der Waals surface area contributed by atoms with E-state index < -0.39 is 0 Å². The summed E-state index contributed by atoms with van der Waals surface area (Å²) in [6, 6.07) is 6.07. The summed E-state index contributed by atoms with van der Waals surface area (Å²) >= 11 is 2.19.